The summed E-state index contributed by atoms with van der Waals surface area (Å²) < 4.78 is 0. The highest BCUT2D eigenvalue weighted by Crippen LogP contribution is 2.43. The van der Waals surface area contributed by atoms with Gasteiger partial charge in [0.05, 0.1) is 5.60 Å². The van der Waals surface area contributed by atoms with E-state index in [-0.39, 0.29) is 0 Å². The first-order valence-electron chi connectivity index (χ1n) is 9.10. The van der Waals surface area contributed by atoms with Gasteiger partial charge >= 0.3 is 0 Å². The normalized spacial score (nSPS) is 34.7. The van der Waals surface area contributed by atoms with Crippen LogP contribution in [-0.4, -0.2) is 28.2 Å². The molecule has 2 nitrogen and oxygen atoms in total. The molecule has 122 valence electrons. The van der Waals surface area contributed by atoms with Crippen molar-refractivity contribution in [1.29, 1.82) is 0 Å². The van der Waals surface area contributed by atoms with Gasteiger partial charge in [0, 0.05) is 19.1 Å². The van der Waals surface area contributed by atoms with E-state index in [0.29, 0.717) is 17.9 Å². The Hall–Kier alpha value is -0.860. The Bertz CT molecular complexity index is 468. The van der Waals surface area contributed by atoms with E-state index in [0.717, 1.165) is 19.5 Å². The summed E-state index contributed by atoms with van der Waals surface area (Å²) in [5.74, 6) is 0.896. The molecule has 3 rings (SSSR count). The average molecular weight is 301 g/mol. The fourth-order valence-corrected chi connectivity index (χ4v) is 4.70. The second kappa shape index (κ2) is 6.72. The molecule has 0 bridgehead atoms. The van der Waals surface area contributed by atoms with E-state index < -0.39 is 5.60 Å². The Labute approximate surface area is 135 Å². The second-order valence-corrected chi connectivity index (χ2v) is 7.70. The molecule has 1 heterocycles. The Morgan fingerprint density at radius 3 is 2.45 bits per heavy atom. The van der Waals surface area contributed by atoms with Gasteiger partial charge in [-0.05, 0) is 43.6 Å². The van der Waals surface area contributed by atoms with Crippen LogP contribution in [0.3, 0.4) is 0 Å². The molecule has 0 radical (unpaired) electrons. The molecular formula is C20H31NO. The molecule has 1 N–H and O–H groups in total. The molecule has 22 heavy (non-hydrogen) atoms. The van der Waals surface area contributed by atoms with Crippen molar-refractivity contribution in [3.05, 3.63) is 35.9 Å². The van der Waals surface area contributed by atoms with Crippen LogP contribution in [0.4, 0.5) is 0 Å². The number of hydrogen-bond acceptors (Lipinski definition) is 2. The van der Waals surface area contributed by atoms with Crippen molar-refractivity contribution in [3.8, 4) is 0 Å². The number of benzene rings is 1. The van der Waals surface area contributed by atoms with E-state index in [1.165, 1.54) is 37.7 Å². The fourth-order valence-electron chi connectivity index (χ4n) is 4.70. The number of hydrogen-bond donors (Lipinski definition) is 1. The summed E-state index contributed by atoms with van der Waals surface area (Å²) in [7, 11) is 0. The standard InChI is InChI=1S/C20H31NO/c1-16-14-21(15-18-9-5-3-6-10-18)17(2)13-20(16,22)19-11-7-4-8-12-19/h3,5-6,9-10,16-17,19,22H,4,7-8,11-15H2,1-2H3. The maximum absolute atomic E-state index is 11.4. The van der Waals surface area contributed by atoms with Crippen LogP contribution in [0.25, 0.3) is 0 Å². The highest BCUT2D eigenvalue weighted by atomic mass is 16.3. The van der Waals surface area contributed by atoms with E-state index in [1.807, 2.05) is 0 Å². The summed E-state index contributed by atoms with van der Waals surface area (Å²) in [5.41, 5.74) is 0.942. The zero-order valence-corrected chi connectivity index (χ0v) is 14.2. The quantitative estimate of drug-likeness (QED) is 0.903. The predicted octanol–water partition coefficient (Wildman–Crippen LogP) is 4.23. The summed E-state index contributed by atoms with van der Waals surface area (Å²) >= 11 is 0. The molecule has 1 aromatic carbocycles. The summed E-state index contributed by atoms with van der Waals surface area (Å²) in [6.45, 7) is 6.58. The van der Waals surface area contributed by atoms with Gasteiger partial charge in [-0.2, -0.15) is 0 Å². The van der Waals surface area contributed by atoms with Gasteiger partial charge < -0.3 is 5.11 Å². The Morgan fingerprint density at radius 1 is 1.09 bits per heavy atom. The van der Waals surface area contributed by atoms with Crippen molar-refractivity contribution in [2.24, 2.45) is 11.8 Å². The lowest BCUT2D eigenvalue weighted by molar-refractivity contribution is -0.131. The van der Waals surface area contributed by atoms with Crippen molar-refractivity contribution in [2.45, 2.75) is 70.6 Å². The van der Waals surface area contributed by atoms with Gasteiger partial charge in [-0.15, -0.1) is 0 Å². The van der Waals surface area contributed by atoms with Crippen LogP contribution >= 0.6 is 0 Å². The number of aliphatic hydroxyl groups is 1. The van der Waals surface area contributed by atoms with Crippen LogP contribution in [0.15, 0.2) is 30.3 Å². The molecule has 3 unspecified atom stereocenters. The van der Waals surface area contributed by atoms with Crippen LogP contribution in [0.1, 0.15) is 57.9 Å². The van der Waals surface area contributed by atoms with E-state index >= 15 is 0 Å². The van der Waals surface area contributed by atoms with Gasteiger partial charge in [0.1, 0.15) is 0 Å². The zero-order valence-electron chi connectivity index (χ0n) is 14.2. The van der Waals surface area contributed by atoms with Gasteiger partial charge in [0.2, 0.25) is 0 Å². The van der Waals surface area contributed by atoms with Gasteiger partial charge in [-0.25, -0.2) is 0 Å². The minimum Gasteiger partial charge on any atom is -0.389 e. The first kappa shape index (κ1) is 16.0. The molecule has 2 heteroatoms. The molecule has 0 aromatic heterocycles. The first-order valence-corrected chi connectivity index (χ1v) is 9.10. The molecule has 1 aliphatic carbocycles. The Balaban J connectivity index is 1.68. The van der Waals surface area contributed by atoms with Crippen molar-refractivity contribution in [2.75, 3.05) is 6.54 Å². The monoisotopic (exact) mass is 301 g/mol. The molecule has 1 saturated heterocycles. The van der Waals surface area contributed by atoms with Crippen molar-refractivity contribution in [1.82, 2.24) is 4.90 Å². The minimum absolute atomic E-state index is 0.371. The zero-order chi connectivity index (χ0) is 15.6. The summed E-state index contributed by atoms with van der Waals surface area (Å²) in [6.07, 6.45) is 7.37. The van der Waals surface area contributed by atoms with Gasteiger partial charge in [0.15, 0.2) is 0 Å². The van der Waals surface area contributed by atoms with E-state index in [2.05, 4.69) is 49.1 Å². The molecule has 0 amide bonds. The van der Waals surface area contributed by atoms with Gasteiger partial charge in [-0.3, -0.25) is 4.90 Å². The molecule has 1 aromatic rings. The Morgan fingerprint density at radius 2 is 1.77 bits per heavy atom. The first-order chi connectivity index (χ1) is 10.6. The van der Waals surface area contributed by atoms with Crippen LogP contribution in [0.2, 0.25) is 0 Å². The smallest absolute Gasteiger partial charge is 0.0728 e. The van der Waals surface area contributed by atoms with Crippen LogP contribution in [0.5, 0.6) is 0 Å². The molecule has 1 aliphatic heterocycles. The van der Waals surface area contributed by atoms with Gasteiger partial charge in [-0.1, -0.05) is 56.5 Å². The van der Waals surface area contributed by atoms with E-state index in [4.69, 9.17) is 0 Å². The Kier molecular flexibility index (Phi) is 4.89. The van der Waals surface area contributed by atoms with Crippen LogP contribution in [0, 0.1) is 11.8 Å². The predicted molar refractivity (Wildman–Crippen MR) is 91.6 cm³/mol. The summed E-state index contributed by atoms with van der Waals surface area (Å²) in [4.78, 5) is 2.55. The number of nitrogens with zero attached hydrogens (tertiary/aromatic N) is 1. The largest absolute Gasteiger partial charge is 0.389 e. The summed E-state index contributed by atoms with van der Waals surface area (Å²) in [5, 5.41) is 11.4. The molecule has 1 saturated carbocycles. The lowest BCUT2D eigenvalue weighted by Crippen LogP contribution is -2.58. The number of likely N-dealkylation sites (tertiary alicyclic amines) is 1. The lowest BCUT2D eigenvalue weighted by atomic mass is 9.66. The summed E-state index contributed by atoms with van der Waals surface area (Å²) in [6, 6.07) is 11.2. The maximum atomic E-state index is 11.4. The van der Waals surface area contributed by atoms with Crippen LogP contribution in [-0.2, 0) is 6.54 Å². The molecule has 0 spiro atoms. The van der Waals surface area contributed by atoms with E-state index in [9.17, 15) is 5.11 Å². The highest BCUT2D eigenvalue weighted by molar-refractivity contribution is 5.15. The molecule has 2 aliphatic rings. The number of rotatable bonds is 3. The van der Waals surface area contributed by atoms with Gasteiger partial charge in [0.25, 0.3) is 0 Å². The fraction of sp³-hybridized carbons (Fsp3) is 0.700. The van der Waals surface area contributed by atoms with Crippen molar-refractivity contribution >= 4 is 0 Å². The topological polar surface area (TPSA) is 23.5 Å². The second-order valence-electron chi connectivity index (χ2n) is 7.70. The van der Waals surface area contributed by atoms with E-state index in [1.54, 1.807) is 0 Å². The minimum atomic E-state index is -0.437. The SMILES string of the molecule is CC1CC(O)(C2CCCCC2)C(C)CN1Cc1ccccc1. The maximum Gasteiger partial charge on any atom is 0.0728 e. The average Bonchev–Trinajstić information content (AvgIpc) is 2.54. The number of piperidine rings is 1. The van der Waals surface area contributed by atoms with Crippen molar-refractivity contribution < 1.29 is 5.11 Å². The highest BCUT2D eigenvalue weighted by Gasteiger charge is 2.47. The third kappa shape index (κ3) is 3.23. The third-order valence-electron chi connectivity index (χ3n) is 6.15. The molecule has 3 atom stereocenters. The molecule has 2 fully saturated rings. The van der Waals surface area contributed by atoms with Crippen molar-refractivity contribution in [3.63, 3.8) is 0 Å². The van der Waals surface area contributed by atoms with Crippen LogP contribution < -0.4 is 0 Å². The third-order valence-corrected chi connectivity index (χ3v) is 6.15. The molecular weight excluding hydrogens is 270 g/mol. The lowest BCUT2D eigenvalue weighted by Gasteiger charge is -2.51.